The van der Waals surface area contributed by atoms with Gasteiger partial charge in [-0.15, -0.1) is 0 Å². The first kappa shape index (κ1) is 22.9. The molecule has 0 N–H and O–H groups in total. The molecule has 1 amide bonds. The molecule has 2 aromatic rings. The zero-order valence-corrected chi connectivity index (χ0v) is 19.4. The van der Waals surface area contributed by atoms with Crippen LogP contribution in [0.2, 0.25) is 0 Å². The number of nitrogens with zero attached hydrogens (tertiary/aromatic N) is 4. The highest BCUT2D eigenvalue weighted by Gasteiger charge is 2.41. The molecule has 10 nitrogen and oxygen atoms in total. The molecular weight excluding hydrogens is 428 g/mol. The van der Waals surface area contributed by atoms with E-state index in [-0.39, 0.29) is 24.5 Å². The highest BCUT2D eigenvalue weighted by molar-refractivity contribution is 5.68. The number of rotatable bonds is 5. The lowest BCUT2D eigenvalue weighted by molar-refractivity contribution is -0.389. The summed E-state index contributed by atoms with van der Waals surface area (Å²) in [5.41, 5.74) is 0.0924. The molecule has 0 spiro atoms. The molecule has 0 unspecified atom stereocenters. The molecule has 0 aliphatic carbocycles. The number of likely N-dealkylation sites (tertiary alicyclic amines) is 1. The minimum atomic E-state index is -0.648. The maximum Gasteiger partial charge on any atom is 0.415 e. The number of hydrogen-bond acceptors (Lipinski definition) is 7. The number of nitro groups is 1. The van der Waals surface area contributed by atoms with Crippen LogP contribution in [0.4, 0.5) is 10.6 Å². The standard InChI is InChI=1S/C23H30N4O6/c1-22(2,3)33-21(28)25-11-9-17(10-12-25)16-5-7-18(8-6-16)31-15-23(4)14-26-13-19(27(29)30)24-20(26)32-23/h5-8,13,17H,9-12,14-15H2,1-4H3/t23-/m1/s1. The van der Waals surface area contributed by atoms with Crippen LogP contribution in [0.1, 0.15) is 52.0 Å². The highest BCUT2D eigenvalue weighted by Crippen LogP contribution is 2.33. The molecule has 1 aromatic carbocycles. The Kier molecular flexibility index (Phi) is 5.94. The quantitative estimate of drug-likeness (QED) is 0.489. The van der Waals surface area contributed by atoms with Gasteiger partial charge >= 0.3 is 17.9 Å². The molecule has 1 fully saturated rings. The summed E-state index contributed by atoms with van der Waals surface area (Å²) in [5, 5.41) is 10.8. The van der Waals surface area contributed by atoms with E-state index in [9.17, 15) is 14.9 Å². The fraction of sp³-hybridized carbons (Fsp3) is 0.565. The maximum atomic E-state index is 12.3. The van der Waals surface area contributed by atoms with E-state index < -0.39 is 16.1 Å². The first-order chi connectivity index (χ1) is 15.5. The van der Waals surface area contributed by atoms with E-state index in [4.69, 9.17) is 14.2 Å². The summed E-state index contributed by atoms with van der Waals surface area (Å²) in [4.78, 5) is 28.2. The van der Waals surface area contributed by atoms with Crippen LogP contribution < -0.4 is 9.47 Å². The summed E-state index contributed by atoms with van der Waals surface area (Å²) in [7, 11) is 0. The van der Waals surface area contributed by atoms with Crippen LogP contribution in [-0.4, -0.2) is 56.4 Å². The Morgan fingerprint density at radius 3 is 2.52 bits per heavy atom. The van der Waals surface area contributed by atoms with Gasteiger partial charge in [-0.25, -0.2) is 4.79 Å². The number of benzene rings is 1. The molecule has 0 bridgehead atoms. The molecule has 178 valence electrons. The molecule has 1 saturated heterocycles. The second kappa shape index (κ2) is 8.57. The number of ether oxygens (including phenoxy) is 3. The van der Waals surface area contributed by atoms with Crippen molar-refractivity contribution in [1.82, 2.24) is 14.5 Å². The van der Waals surface area contributed by atoms with Crippen LogP contribution in [-0.2, 0) is 11.3 Å². The molecular formula is C23H30N4O6. The van der Waals surface area contributed by atoms with E-state index in [0.29, 0.717) is 25.6 Å². The summed E-state index contributed by atoms with van der Waals surface area (Å²) in [5.74, 6) is 0.895. The molecule has 0 radical (unpaired) electrons. The summed E-state index contributed by atoms with van der Waals surface area (Å²) in [6.45, 7) is 9.60. The normalized spacial score (nSPS) is 20.8. The van der Waals surface area contributed by atoms with Gasteiger partial charge < -0.3 is 29.2 Å². The average molecular weight is 459 g/mol. The van der Waals surface area contributed by atoms with Crippen molar-refractivity contribution in [3.63, 3.8) is 0 Å². The number of fused-ring (bicyclic) bond motifs is 1. The SMILES string of the molecule is CC(C)(C)OC(=O)N1CCC(c2ccc(OC[C@@]3(C)Cn4cc([N+](=O)[O-])nc4O3)cc2)CC1. The smallest absolute Gasteiger partial charge is 0.415 e. The lowest BCUT2D eigenvalue weighted by atomic mass is 9.89. The summed E-state index contributed by atoms with van der Waals surface area (Å²) >= 11 is 0. The largest absolute Gasteiger partial charge is 0.489 e. The van der Waals surface area contributed by atoms with Crippen molar-refractivity contribution in [2.24, 2.45) is 0 Å². The molecule has 2 aliphatic rings. The van der Waals surface area contributed by atoms with Crippen molar-refractivity contribution >= 4 is 11.9 Å². The van der Waals surface area contributed by atoms with Gasteiger partial charge in [0.1, 0.15) is 24.2 Å². The summed E-state index contributed by atoms with van der Waals surface area (Å²) in [6.07, 6.45) is 2.92. The van der Waals surface area contributed by atoms with E-state index >= 15 is 0 Å². The minimum absolute atomic E-state index is 0.222. The van der Waals surface area contributed by atoms with Gasteiger partial charge in [0.05, 0.1) is 6.54 Å². The number of aromatic nitrogens is 2. The Morgan fingerprint density at radius 2 is 1.94 bits per heavy atom. The molecule has 2 aliphatic heterocycles. The monoisotopic (exact) mass is 458 g/mol. The summed E-state index contributed by atoms with van der Waals surface area (Å²) in [6, 6.07) is 8.25. The van der Waals surface area contributed by atoms with Gasteiger partial charge in [-0.2, -0.15) is 0 Å². The fourth-order valence-electron chi connectivity index (χ4n) is 4.15. The molecule has 4 rings (SSSR count). The Bertz CT molecular complexity index is 995. The number of piperidine rings is 1. The molecule has 3 heterocycles. The fourth-order valence-corrected chi connectivity index (χ4v) is 4.15. The average Bonchev–Trinajstić information content (AvgIpc) is 3.27. The van der Waals surface area contributed by atoms with E-state index in [2.05, 4.69) is 17.1 Å². The molecule has 1 aromatic heterocycles. The van der Waals surface area contributed by atoms with Gasteiger partial charge in [0, 0.05) is 18.1 Å². The van der Waals surface area contributed by atoms with Crippen LogP contribution in [0.25, 0.3) is 0 Å². The predicted octanol–water partition coefficient (Wildman–Crippen LogP) is 4.14. The number of hydrogen-bond donors (Lipinski definition) is 0. The lowest BCUT2D eigenvalue weighted by Gasteiger charge is -2.33. The Hall–Kier alpha value is -3.30. The van der Waals surface area contributed by atoms with Gasteiger partial charge in [0.25, 0.3) is 0 Å². The number of carbonyl (C=O) groups is 1. The van der Waals surface area contributed by atoms with Crippen molar-refractivity contribution in [1.29, 1.82) is 0 Å². The van der Waals surface area contributed by atoms with Gasteiger partial charge in [-0.3, -0.25) is 4.57 Å². The molecule has 0 saturated carbocycles. The minimum Gasteiger partial charge on any atom is -0.489 e. The third-order valence-electron chi connectivity index (χ3n) is 5.80. The van der Waals surface area contributed by atoms with Gasteiger partial charge in [-0.05, 0) is 69.1 Å². The van der Waals surface area contributed by atoms with Gasteiger partial charge in [-0.1, -0.05) is 12.1 Å². The highest BCUT2D eigenvalue weighted by atomic mass is 16.6. The topological polar surface area (TPSA) is 109 Å². The van der Waals surface area contributed by atoms with Crippen molar-refractivity contribution < 1.29 is 23.9 Å². The van der Waals surface area contributed by atoms with E-state index in [1.165, 1.54) is 11.8 Å². The number of carbonyl (C=O) groups excluding carboxylic acids is 1. The third-order valence-corrected chi connectivity index (χ3v) is 5.80. The van der Waals surface area contributed by atoms with Crippen LogP contribution in [0.3, 0.4) is 0 Å². The van der Waals surface area contributed by atoms with Crippen molar-refractivity contribution in [2.75, 3.05) is 19.7 Å². The Balaban J connectivity index is 1.27. The Morgan fingerprint density at radius 1 is 1.27 bits per heavy atom. The van der Waals surface area contributed by atoms with Crippen molar-refractivity contribution in [2.45, 2.75) is 64.2 Å². The van der Waals surface area contributed by atoms with Gasteiger partial charge in [0.2, 0.25) is 0 Å². The van der Waals surface area contributed by atoms with E-state index in [1.807, 2.05) is 39.8 Å². The zero-order valence-electron chi connectivity index (χ0n) is 19.4. The predicted molar refractivity (Wildman–Crippen MR) is 120 cm³/mol. The van der Waals surface area contributed by atoms with Gasteiger partial charge in [0.15, 0.2) is 5.60 Å². The van der Waals surface area contributed by atoms with Crippen molar-refractivity contribution in [3.05, 3.63) is 46.1 Å². The summed E-state index contributed by atoms with van der Waals surface area (Å²) < 4.78 is 18.8. The third kappa shape index (κ3) is 5.37. The molecule has 1 atom stereocenters. The second-order valence-corrected chi connectivity index (χ2v) is 9.92. The lowest BCUT2D eigenvalue weighted by Crippen LogP contribution is -2.41. The van der Waals surface area contributed by atoms with E-state index in [1.54, 1.807) is 9.47 Å². The van der Waals surface area contributed by atoms with Crippen LogP contribution in [0.5, 0.6) is 11.8 Å². The zero-order chi connectivity index (χ0) is 23.8. The number of amides is 1. The van der Waals surface area contributed by atoms with Crippen LogP contribution in [0.15, 0.2) is 30.5 Å². The first-order valence-corrected chi connectivity index (χ1v) is 11.1. The number of imidazole rings is 1. The van der Waals surface area contributed by atoms with Crippen molar-refractivity contribution in [3.8, 4) is 11.8 Å². The van der Waals surface area contributed by atoms with Crippen LogP contribution in [0, 0.1) is 10.1 Å². The molecule has 10 heteroatoms. The first-order valence-electron chi connectivity index (χ1n) is 11.1. The van der Waals surface area contributed by atoms with E-state index in [0.717, 1.165) is 18.6 Å². The maximum absolute atomic E-state index is 12.3. The molecule has 33 heavy (non-hydrogen) atoms. The Labute approximate surface area is 192 Å². The second-order valence-electron chi connectivity index (χ2n) is 9.92. The van der Waals surface area contributed by atoms with Crippen LogP contribution >= 0.6 is 0 Å².